The number of carbonyl (C=O) groups is 3. The van der Waals surface area contributed by atoms with Crippen molar-refractivity contribution >= 4 is 62.4 Å². The number of thiazole rings is 2. The molecular weight excluding hydrogens is 565 g/mol. The Balaban J connectivity index is 0.982. The first-order valence-electron chi connectivity index (χ1n) is 13.2. The van der Waals surface area contributed by atoms with Gasteiger partial charge in [-0.05, 0) is 49.2 Å². The molecule has 0 spiro atoms. The normalized spacial score (nSPS) is 17.0. The van der Waals surface area contributed by atoms with Gasteiger partial charge in [0.05, 0.1) is 30.8 Å². The van der Waals surface area contributed by atoms with Crippen LogP contribution >= 0.6 is 34.0 Å². The molecule has 206 valence electrons. The average molecular weight is 593 g/mol. The second-order valence-corrected chi connectivity index (χ2v) is 12.9. The van der Waals surface area contributed by atoms with Gasteiger partial charge in [0, 0.05) is 55.3 Å². The summed E-state index contributed by atoms with van der Waals surface area (Å²) in [4.78, 5) is 49.9. The van der Waals surface area contributed by atoms with Gasteiger partial charge >= 0.3 is 0 Å². The zero-order valence-electron chi connectivity index (χ0n) is 21.6. The molecule has 6 rings (SSSR count). The van der Waals surface area contributed by atoms with Gasteiger partial charge in [0.2, 0.25) is 11.8 Å². The quantitative estimate of drug-likeness (QED) is 0.256. The molecule has 3 aromatic heterocycles. The molecule has 3 amide bonds. The first-order chi connectivity index (χ1) is 19.5. The van der Waals surface area contributed by atoms with Crippen molar-refractivity contribution in [2.75, 3.05) is 30.3 Å². The van der Waals surface area contributed by atoms with E-state index in [-0.39, 0.29) is 29.7 Å². The van der Waals surface area contributed by atoms with E-state index >= 15 is 0 Å². The van der Waals surface area contributed by atoms with Crippen molar-refractivity contribution in [2.24, 2.45) is 0 Å². The Bertz CT molecular complexity index is 1490. The molecule has 0 radical (unpaired) electrons. The first-order valence-corrected chi connectivity index (χ1v) is 15.7. The standard InChI is InChI=1S/C28H28N6O3S3/c35-23(8-10-24-30-12-13-38-24)32-19-5-3-17(4-6-19)22-14-31-27(40-22)18-15-34(16-18)28(37)21-7-9-25(39-21)33-26(36)20-2-1-11-29-20/h3-7,9,12-14,18,20,29H,1-2,8,10-11,15-16H2,(H,32,35)(H,33,36)/t20-/m0/s1. The number of aryl methyl sites for hydroxylation is 1. The topological polar surface area (TPSA) is 116 Å². The van der Waals surface area contributed by atoms with Crippen LogP contribution in [0.15, 0.2) is 54.2 Å². The van der Waals surface area contributed by atoms with Gasteiger partial charge in [0.15, 0.2) is 0 Å². The van der Waals surface area contributed by atoms with E-state index in [9.17, 15) is 14.4 Å². The van der Waals surface area contributed by atoms with Crippen molar-refractivity contribution < 1.29 is 14.4 Å². The Labute approximate surface area is 243 Å². The second kappa shape index (κ2) is 12.0. The van der Waals surface area contributed by atoms with Gasteiger partial charge in [-0.25, -0.2) is 9.97 Å². The number of aromatic nitrogens is 2. The van der Waals surface area contributed by atoms with E-state index in [0.717, 1.165) is 45.5 Å². The molecule has 2 aliphatic heterocycles. The molecule has 3 N–H and O–H groups in total. The van der Waals surface area contributed by atoms with Crippen LogP contribution in [0.25, 0.3) is 10.4 Å². The Morgan fingerprint density at radius 1 is 1.02 bits per heavy atom. The van der Waals surface area contributed by atoms with Crippen LogP contribution in [0.5, 0.6) is 0 Å². The van der Waals surface area contributed by atoms with Gasteiger partial charge in [0.1, 0.15) is 0 Å². The van der Waals surface area contributed by atoms with E-state index in [1.807, 2.05) is 40.7 Å². The van der Waals surface area contributed by atoms with E-state index < -0.39 is 0 Å². The number of nitrogens with one attached hydrogen (secondary N) is 3. The number of thiophene rings is 1. The maximum Gasteiger partial charge on any atom is 0.264 e. The molecule has 0 unspecified atom stereocenters. The Morgan fingerprint density at radius 2 is 1.88 bits per heavy atom. The molecule has 12 heteroatoms. The van der Waals surface area contributed by atoms with Crippen molar-refractivity contribution in [3.05, 3.63) is 69.1 Å². The zero-order valence-corrected chi connectivity index (χ0v) is 24.0. The summed E-state index contributed by atoms with van der Waals surface area (Å²) in [5.74, 6) is 0.134. The number of amides is 3. The number of nitrogens with zero attached hydrogens (tertiary/aromatic N) is 3. The number of carbonyl (C=O) groups excluding carboxylic acids is 3. The van der Waals surface area contributed by atoms with Gasteiger partial charge in [-0.2, -0.15) is 0 Å². The van der Waals surface area contributed by atoms with Crippen LogP contribution in [0, 0.1) is 0 Å². The van der Waals surface area contributed by atoms with Crippen LogP contribution in [-0.4, -0.2) is 58.3 Å². The highest BCUT2D eigenvalue weighted by Crippen LogP contribution is 2.36. The van der Waals surface area contributed by atoms with Crippen LogP contribution in [-0.2, 0) is 16.0 Å². The molecule has 0 aliphatic carbocycles. The molecule has 2 aliphatic rings. The van der Waals surface area contributed by atoms with E-state index in [0.29, 0.717) is 35.8 Å². The summed E-state index contributed by atoms with van der Waals surface area (Å²) in [5.41, 5.74) is 1.80. The maximum absolute atomic E-state index is 13.0. The minimum Gasteiger partial charge on any atom is -0.336 e. The molecule has 5 heterocycles. The fraction of sp³-hybridized carbons (Fsp3) is 0.321. The predicted molar refractivity (Wildman–Crippen MR) is 159 cm³/mol. The Hall–Kier alpha value is -3.45. The van der Waals surface area contributed by atoms with Crippen LogP contribution in [0.1, 0.15) is 44.9 Å². The van der Waals surface area contributed by atoms with E-state index in [1.165, 1.54) is 11.3 Å². The molecule has 2 fully saturated rings. The minimum atomic E-state index is -0.149. The molecule has 1 atom stereocenters. The number of hydrogen-bond donors (Lipinski definition) is 3. The van der Waals surface area contributed by atoms with E-state index in [4.69, 9.17) is 0 Å². The van der Waals surface area contributed by atoms with Gasteiger partial charge in [-0.3, -0.25) is 14.4 Å². The predicted octanol–water partition coefficient (Wildman–Crippen LogP) is 4.83. The molecule has 0 saturated carbocycles. The van der Waals surface area contributed by atoms with Gasteiger partial charge in [0.25, 0.3) is 5.91 Å². The summed E-state index contributed by atoms with van der Waals surface area (Å²) in [7, 11) is 0. The number of rotatable bonds is 9. The Kier molecular flexibility index (Phi) is 8.00. The lowest BCUT2D eigenvalue weighted by molar-refractivity contribution is -0.118. The number of benzene rings is 1. The summed E-state index contributed by atoms with van der Waals surface area (Å²) in [5, 5.41) is 13.6. The molecule has 0 bridgehead atoms. The SMILES string of the molecule is O=C(CCc1nccs1)Nc1ccc(-c2cnc(C3CN(C(=O)c4ccc(NC(=O)[C@@H]5CCCN5)s4)C3)s2)cc1. The van der Waals surface area contributed by atoms with E-state index in [1.54, 1.807) is 41.0 Å². The van der Waals surface area contributed by atoms with Crippen molar-refractivity contribution in [1.82, 2.24) is 20.2 Å². The van der Waals surface area contributed by atoms with Gasteiger partial charge < -0.3 is 20.9 Å². The monoisotopic (exact) mass is 592 g/mol. The maximum atomic E-state index is 13.0. The number of likely N-dealkylation sites (tertiary alicyclic amines) is 1. The lowest BCUT2D eigenvalue weighted by atomic mass is 10.0. The van der Waals surface area contributed by atoms with Crippen molar-refractivity contribution in [3.63, 3.8) is 0 Å². The summed E-state index contributed by atoms with van der Waals surface area (Å²) in [6.45, 7) is 2.12. The molecule has 2 saturated heterocycles. The van der Waals surface area contributed by atoms with Crippen LogP contribution in [0.2, 0.25) is 0 Å². The van der Waals surface area contributed by atoms with Crippen molar-refractivity contribution in [3.8, 4) is 10.4 Å². The summed E-state index contributed by atoms with van der Waals surface area (Å²) < 4.78 is 0. The van der Waals surface area contributed by atoms with E-state index in [2.05, 4.69) is 25.9 Å². The fourth-order valence-corrected chi connectivity index (χ4v) is 7.24. The van der Waals surface area contributed by atoms with Crippen LogP contribution in [0.4, 0.5) is 10.7 Å². The van der Waals surface area contributed by atoms with Gasteiger partial charge in [-0.15, -0.1) is 34.0 Å². The summed E-state index contributed by atoms with van der Waals surface area (Å²) in [6.07, 6.45) is 6.51. The highest BCUT2D eigenvalue weighted by molar-refractivity contribution is 7.18. The summed E-state index contributed by atoms with van der Waals surface area (Å²) >= 11 is 4.51. The second-order valence-electron chi connectivity index (χ2n) is 9.82. The largest absolute Gasteiger partial charge is 0.336 e. The van der Waals surface area contributed by atoms with Gasteiger partial charge in [-0.1, -0.05) is 12.1 Å². The summed E-state index contributed by atoms with van der Waals surface area (Å²) in [6, 6.07) is 11.2. The third-order valence-corrected chi connectivity index (χ3v) is 10.0. The average Bonchev–Trinajstić information content (AvgIpc) is 3.74. The number of hydrogen-bond acceptors (Lipinski definition) is 9. The number of anilines is 2. The zero-order chi connectivity index (χ0) is 27.5. The lowest BCUT2D eigenvalue weighted by Crippen LogP contribution is -2.48. The highest BCUT2D eigenvalue weighted by atomic mass is 32.1. The third-order valence-electron chi connectivity index (χ3n) is 6.98. The molecule has 1 aromatic carbocycles. The van der Waals surface area contributed by atoms with Crippen molar-refractivity contribution in [1.29, 1.82) is 0 Å². The molecule has 9 nitrogen and oxygen atoms in total. The van der Waals surface area contributed by atoms with Crippen LogP contribution in [0.3, 0.4) is 0 Å². The molecular formula is C28H28N6O3S3. The van der Waals surface area contributed by atoms with Crippen molar-refractivity contribution in [2.45, 2.75) is 37.6 Å². The molecule has 40 heavy (non-hydrogen) atoms. The Morgan fingerprint density at radius 3 is 2.62 bits per heavy atom. The van der Waals surface area contributed by atoms with Crippen LogP contribution < -0.4 is 16.0 Å². The minimum absolute atomic E-state index is 0.0122. The third kappa shape index (κ3) is 6.15. The first kappa shape index (κ1) is 26.8. The molecule has 4 aromatic rings. The lowest BCUT2D eigenvalue weighted by Gasteiger charge is -2.37. The highest BCUT2D eigenvalue weighted by Gasteiger charge is 2.35. The smallest absolute Gasteiger partial charge is 0.264 e. The fourth-order valence-electron chi connectivity index (χ4n) is 4.74.